The summed E-state index contributed by atoms with van der Waals surface area (Å²) in [5.41, 5.74) is 0. The molecule has 94 valence electrons. The second kappa shape index (κ2) is 5.23. The van der Waals surface area contributed by atoms with Crippen molar-refractivity contribution < 1.29 is 14.3 Å². The molecule has 4 nitrogen and oxygen atoms in total. The highest BCUT2D eigenvalue weighted by Gasteiger charge is 2.31. The van der Waals surface area contributed by atoms with E-state index in [1.165, 1.54) is 0 Å². The number of rotatable bonds is 4. The Morgan fingerprint density at radius 2 is 2.47 bits per heavy atom. The molecule has 5 heteroatoms. The number of nitrogens with zero attached hydrogens (tertiary/aromatic N) is 1. The Kier molecular flexibility index (Phi) is 3.89. The predicted molar refractivity (Wildman–Crippen MR) is 66.8 cm³/mol. The van der Waals surface area contributed by atoms with Crippen LogP contribution in [0.3, 0.4) is 0 Å². The maximum Gasteiger partial charge on any atom is 0.304 e. The Bertz CT molecular complexity index is 404. The van der Waals surface area contributed by atoms with E-state index in [-0.39, 0.29) is 18.5 Å². The lowest BCUT2D eigenvalue weighted by Crippen LogP contribution is -2.33. The van der Waals surface area contributed by atoms with Crippen molar-refractivity contribution in [2.45, 2.75) is 38.3 Å². The number of carboxylic acids is 1. The molecule has 1 aliphatic heterocycles. The van der Waals surface area contributed by atoms with Gasteiger partial charge in [0.05, 0.1) is 12.5 Å². The van der Waals surface area contributed by atoms with E-state index in [2.05, 4.69) is 27.8 Å². The highest BCUT2D eigenvalue weighted by molar-refractivity contribution is 9.10. The normalized spacial score (nSPS) is 22.8. The highest BCUT2D eigenvalue weighted by Crippen LogP contribution is 2.32. The van der Waals surface area contributed by atoms with E-state index in [0.717, 1.165) is 25.1 Å². The van der Waals surface area contributed by atoms with E-state index in [1.807, 2.05) is 12.1 Å². The smallest absolute Gasteiger partial charge is 0.304 e. The van der Waals surface area contributed by atoms with Crippen molar-refractivity contribution in [2.75, 3.05) is 6.54 Å². The number of likely N-dealkylation sites (tertiary alicyclic amines) is 1. The molecular formula is C12H16BrNO3. The molecular weight excluding hydrogens is 286 g/mol. The first kappa shape index (κ1) is 12.6. The molecule has 1 saturated heterocycles. The molecule has 0 aromatic carbocycles. The Balaban J connectivity index is 2.07. The van der Waals surface area contributed by atoms with Crippen molar-refractivity contribution in [1.82, 2.24) is 4.90 Å². The number of aliphatic carboxylic acids is 1. The van der Waals surface area contributed by atoms with Crippen LogP contribution in [0.2, 0.25) is 0 Å². The third kappa shape index (κ3) is 2.90. The van der Waals surface area contributed by atoms with Crippen LogP contribution in [0.25, 0.3) is 0 Å². The Labute approximate surface area is 109 Å². The van der Waals surface area contributed by atoms with E-state index in [1.54, 1.807) is 0 Å². The van der Waals surface area contributed by atoms with Crippen LogP contribution in [-0.2, 0) is 4.79 Å². The number of hydrogen-bond acceptors (Lipinski definition) is 3. The summed E-state index contributed by atoms with van der Waals surface area (Å²) in [6.07, 6.45) is 2.23. The summed E-state index contributed by atoms with van der Waals surface area (Å²) >= 11 is 3.29. The van der Waals surface area contributed by atoms with Gasteiger partial charge in [0.1, 0.15) is 5.76 Å². The number of carbonyl (C=O) groups is 1. The van der Waals surface area contributed by atoms with Gasteiger partial charge < -0.3 is 9.52 Å². The van der Waals surface area contributed by atoms with E-state index < -0.39 is 5.97 Å². The molecule has 0 bridgehead atoms. The van der Waals surface area contributed by atoms with Gasteiger partial charge in [-0.25, -0.2) is 0 Å². The lowest BCUT2D eigenvalue weighted by Gasteiger charge is -2.28. The molecule has 1 fully saturated rings. The SMILES string of the molecule is CC(c1ccc(Br)o1)N1CCCC1CC(=O)O. The molecule has 0 aliphatic carbocycles. The van der Waals surface area contributed by atoms with Crippen molar-refractivity contribution in [1.29, 1.82) is 0 Å². The van der Waals surface area contributed by atoms with Crippen molar-refractivity contribution in [2.24, 2.45) is 0 Å². The summed E-state index contributed by atoms with van der Waals surface area (Å²) in [4.78, 5) is 13.0. The monoisotopic (exact) mass is 301 g/mol. The van der Waals surface area contributed by atoms with Gasteiger partial charge in [-0.2, -0.15) is 0 Å². The van der Waals surface area contributed by atoms with Gasteiger partial charge in [-0.3, -0.25) is 9.69 Å². The fourth-order valence-electron chi connectivity index (χ4n) is 2.50. The first-order valence-corrected chi connectivity index (χ1v) is 6.60. The van der Waals surface area contributed by atoms with Gasteiger partial charge in [-0.1, -0.05) is 0 Å². The number of halogens is 1. The summed E-state index contributed by atoms with van der Waals surface area (Å²) in [6, 6.07) is 4.07. The van der Waals surface area contributed by atoms with Crippen LogP contribution in [0.15, 0.2) is 21.2 Å². The highest BCUT2D eigenvalue weighted by atomic mass is 79.9. The van der Waals surface area contributed by atoms with Gasteiger partial charge in [0.25, 0.3) is 0 Å². The van der Waals surface area contributed by atoms with Crippen LogP contribution < -0.4 is 0 Å². The molecule has 1 aliphatic rings. The molecule has 1 aromatic rings. The molecule has 0 amide bonds. The van der Waals surface area contributed by atoms with Gasteiger partial charge >= 0.3 is 5.97 Å². The Morgan fingerprint density at radius 1 is 1.71 bits per heavy atom. The predicted octanol–water partition coefficient (Wildman–Crippen LogP) is 3.04. The van der Waals surface area contributed by atoms with Crippen LogP contribution in [0.1, 0.15) is 38.0 Å². The van der Waals surface area contributed by atoms with Crippen molar-refractivity contribution >= 4 is 21.9 Å². The molecule has 0 radical (unpaired) electrons. The largest absolute Gasteiger partial charge is 0.481 e. The molecule has 2 atom stereocenters. The number of carboxylic acid groups (broad SMARTS) is 1. The first-order chi connectivity index (χ1) is 8.08. The van der Waals surface area contributed by atoms with E-state index in [4.69, 9.17) is 9.52 Å². The minimum absolute atomic E-state index is 0.131. The summed E-state index contributed by atoms with van der Waals surface area (Å²) in [5, 5.41) is 8.89. The zero-order chi connectivity index (χ0) is 12.4. The van der Waals surface area contributed by atoms with Crippen LogP contribution in [0.4, 0.5) is 0 Å². The fraction of sp³-hybridized carbons (Fsp3) is 0.583. The Hall–Kier alpha value is -0.810. The lowest BCUT2D eigenvalue weighted by atomic mass is 10.1. The summed E-state index contributed by atoms with van der Waals surface area (Å²) < 4.78 is 6.25. The van der Waals surface area contributed by atoms with Gasteiger partial charge in [0.15, 0.2) is 4.67 Å². The molecule has 2 heterocycles. The molecule has 1 N–H and O–H groups in total. The van der Waals surface area contributed by atoms with Crippen molar-refractivity contribution in [3.05, 3.63) is 22.6 Å². The van der Waals surface area contributed by atoms with Crippen molar-refractivity contribution in [3.63, 3.8) is 0 Å². The van der Waals surface area contributed by atoms with E-state index in [0.29, 0.717) is 4.67 Å². The maximum absolute atomic E-state index is 10.8. The average Bonchev–Trinajstić information content (AvgIpc) is 2.85. The van der Waals surface area contributed by atoms with Gasteiger partial charge in [-0.05, 0) is 54.4 Å². The standard InChI is InChI=1S/C12H16BrNO3/c1-8(10-4-5-11(13)17-10)14-6-2-3-9(14)7-12(15)16/h4-5,8-9H,2-3,6-7H2,1H3,(H,15,16). The molecule has 2 unspecified atom stereocenters. The minimum atomic E-state index is -0.727. The topological polar surface area (TPSA) is 53.7 Å². The van der Waals surface area contributed by atoms with Gasteiger partial charge in [0.2, 0.25) is 0 Å². The molecule has 0 saturated carbocycles. The number of hydrogen-bond donors (Lipinski definition) is 1. The fourth-order valence-corrected chi connectivity index (χ4v) is 2.82. The summed E-state index contributed by atoms with van der Waals surface area (Å²) in [6.45, 7) is 3.00. The molecule has 0 spiro atoms. The van der Waals surface area contributed by atoms with E-state index >= 15 is 0 Å². The maximum atomic E-state index is 10.8. The van der Waals surface area contributed by atoms with Crippen LogP contribution in [0, 0.1) is 0 Å². The third-order valence-electron chi connectivity index (χ3n) is 3.34. The summed E-state index contributed by atoms with van der Waals surface area (Å²) in [7, 11) is 0. The zero-order valence-corrected chi connectivity index (χ0v) is 11.3. The second-order valence-electron chi connectivity index (χ2n) is 4.45. The first-order valence-electron chi connectivity index (χ1n) is 5.80. The average molecular weight is 302 g/mol. The van der Waals surface area contributed by atoms with Crippen molar-refractivity contribution in [3.8, 4) is 0 Å². The number of furan rings is 1. The molecule has 17 heavy (non-hydrogen) atoms. The minimum Gasteiger partial charge on any atom is -0.481 e. The summed E-state index contributed by atoms with van der Waals surface area (Å²) in [5.74, 6) is 0.156. The zero-order valence-electron chi connectivity index (χ0n) is 9.73. The molecule has 2 rings (SSSR count). The second-order valence-corrected chi connectivity index (χ2v) is 5.23. The van der Waals surface area contributed by atoms with Gasteiger partial charge in [0, 0.05) is 6.04 Å². The quantitative estimate of drug-likeness (QED) is 0.929. The van der Waals surface area contributed by atoms with Crippen LogP contribution in [0.5, 0.6) is 0 Å². The van der Waals surface area contributed by atoms with E-state index in [9.17, 15) is 4.79 Å². The Morgan fingerprint density at radius 3 is 3.06 bits per heavy atom. The lowest BCUT2D eigenvalue weighted by molar-refractivity contribution is -0.138. The van der Waals surface area contributed by atoms with Gasteiger partial charge in [-0.15, -0.1) is 0 Å². The van der Waals surface area contributed by atoms with Crippen LogP contribution in [-0.4, -0.2) is 28.6 Å². The third-order valence-corrected chi connectivity index (χ3v) is 3.76. The molecule has 1 aromatic heterocycles. The van der Waals surface area contributed by atoms with Crippen LogP contribution >= 0.6 is 15.9 Å².